The minimum absolute atomic E-state index is 0.0691. The van der Waals surface area contributed by atoms with E-state index < -0.39 is 11.2 Å². The van der Waals surface area contributed by atoms with E-state index in [1.54, 1.807) is 24.3 Å². The van der Waals surface area contributed by atoms with Crippen molar-refractivity contribution >= 4 is 5.71 Å². The van der Waals surface area contributed by atoms with E-state index in [0.717, 1.165) is 24.2 Å². The maximum Gasteiger partial charge on any atom is 0.335 e. The fourth-order valence-electron chi connectivity index (χ4n) is 3.48. The predicted molar refractivity (Wildman–Crippen MR) is 106 cm³/mol. The lowest BCUT2D eigenvalue weighted by Gasteiger charge is -2.25. The van der Waals surface area contributed by atoms with E-state index in [4.69, 9.17) is 0 Å². The van der Waals surface area contributed by atoms with Crippen LogP contribution in [-0.4, -0.2) is 51.4 Å². The quantitative estimate of drug-likeness (QED) is 0.760. The number of hydrogen-bond acceptors (Lipinski definition) is 5. The van der Waals surface area contributed by atoms with Gasteiger partial charge in [0.2, 0.25) is 5.88 Å². The van der Waals surface area contributed by atoms with Crippen LogP contribution in [-0.2, 0) is 0 Å². The molecule has 1 aromatic heterocycles. The molecule has 0 aliphatic carbocycles. The van der Waals surface area contributed by atoms with Crippen molar-refractivity contribution in [2.75, 3.05) is 26.2 Å². The molecule has 1 saturated heterocycles. The molecule has 1 aromatic carbocycles. The number of aromatic hydroxyl groups is 1. The van der Waals surface area contributed by atoms with Gasteiger partial charge in [0.1, 0.15) is 5.56 Å². The van der Waals surface area contributed by atoms with Gasteiger partial charge < -0.3 is 10.0 Å². The number of likely N-dealkylation sites (tertiary alicyclic amines) is 1. The molecule has 2 N–H and O–H groups in total. The van der Waals surface area contributed by atoms with Gasteiger partial charge in [-0.05, 0) is 44.5 Å². The molecule has 1 aliphatic rings. The molecule has 0 radical (unpaired) electrons. The second-order valence-electron chi connectivity index (χ2n) is 6.71. The number of aromatic nitrogens is 2. The van der Waals surface area contributed by atoms with E-state index >= 15 is 0 Å². The number of nitrogens with zero attached hydrogens (tertiary/aromatic N) is 3. The Morgan fingerprint density at radius 1 is 1.15 bits per heavy atom. The monoisotopic (exact) mass is 370 g/mol. The standard InChI is InChI=1S/C20H26N4O3/c1-2-16(21-11-14-23-12-7-4-8-13-23)17-18(25)22-20(27)24(19(17)26)15-9-5-3-6-10-15/h3,5-6,9-10,26H,2,4,7-8,11-14H2,1H3,(H,22,25,27). The van der Waals surface area contributed by atoms with Crippen LogP contribution in [0.4, 0.5) is 0 Å². The minimum Gasteiger partial charge on any atom is -0.493 e. The molecule has 0 spiro atoms. The summed E-state index contributed by atoms with van der Waals surface area (Å²) in [5.41, 5.74) is -0.212. The van der Waals surface area contributed by atoms with Gasteiger partial charge in [0, 0.05) is 6.54 Å². The molecule has 1 fully saturated rings. The Kier molecular flexibility index (Phi) is 6.24. The first-order chi connectivity index (χ1) is 13.1. The molecule has 1 aliphatic heterocycles. The molecule has 27 heavy (non-hydrogen) atoms. The van der Waals surface area contributed by atoms with Crippen LogP contribution < -0.4 is 11.2 Å². The van der Waals surface area contributed by atoms with Crippen LogP contribution in [0.1, 0.15) is 38.2 Å². The SMILES string of the molecule is CCC(=NCCN1CCCCC1)c1c(O)n(-c2ccccc2)c(=O)[nH]c1=O. The molecular formula is C20H26N4O3. The average Bonchev–Trinajstić information content (AvgIpc) is 2.68. The molecule has 0 atom stereocenters. The Balaban J connectivity index is 1.92. The highest BCUT2D eigenvalue weighted by molar-refractivity contribution is 6.02. The van der Waals surface area contributed by atoms with Crippen LogP contribution in [0.5, 0.6) is 5.88 Å². The Hall–Kier alpha value is -2.67. The molecule has 2 aromatic rings. The second kappa shape index (κ2) is 8.81. The summed E-state index contributed by atoms with van der Waals surface area (Å²) in [6.45, 7) is 5.45. The van der Waals surface area contributed by atoms with Crippen molar-refractivity contribution in [3.63, 3.8) is 0 Å². The van der Waals surface area contributed by atoms with E-state index in [2.05, 4.69) is 14.9 Å². The molecule has 0 amide bonds. The first-order valence-corrected chi connectivity index (χ1v) is 9.51. The zero-order valence-corrected chi connectivity index (χ0v) is 15.6. The zero-order chi connectivity index (χ0) is 19.2. The van der Waals surface area contributed by atoms with Crippen LogP contribution in [0.3, 0.4) is 0 Å². The molecule has 0 bridgehead atoms. The van der Waals surface area contributed by atoms with Gasteiger partial charge in [-0.25, -0.2) is 9.36 Å². The first-order valence-electron chi connectivity index (χ1n) is 9.51. The number of rotatable bonds is 6. The molecule has 0 saturated carbocycles. The largest absolute Gasteiger partial charge is 0.493 e. The fourth-order valence-corrected chi connectivity index (χ4v) is 3.48. The summed E-state index contributed by atoms with van der Waals surface area (Å²) in [4.78, 5) is 33.9. The van der Waals surface area contributed by atoms with E-state index in [1.807, 2.05) is 13.0 Å². The Morgan fingerprint density at radius 2 is 1.85 bits per heavy atom. The van der Waals surface area contributed by atoms with Gasteiger partial charge in [-0.1, -0.05) is 31.5 Å². The third-order valence-corrected chi connectivity index (χ3v) is 4.89. The summed E-state index contributed by atoms with van der Waals surface area (Å²) in [5.74, 6) is -0.367. The van der Waals surface area contributed by atoms with Crippen molar-refractivity contribution in [3.05, 3.63) is 56.7 Å². The van der Waals surface area contributed by atoms with Crippen LogP contribution in [0.2, 0.25) is 0 Å². The number of piperidine rings is 1. The summed E-state index contributed by atoms with van der Waals surface area (Å²) in [5, 5.41) is 10.7. The lowest BCUT2D eigenvalue weighted by atomic mass is 10.1. The van der Waals surface area contributed by atoms with Crippen LogP contribution in [0.25, 0.3) is 5.69 Å². The molecule has 7 heteroatoms. The average molecular weight is 370 g/mol. The van der Waals surface area contributed by atoms with Gasteiger partial charge in [-0.15, -0.1) is 0 Å². The third-order valence-electron chi connectivity index (χ3n) is 4.89. The number of aromatic amines is 1. The summed E-state index contributed by atoms with van der Waals surface area (Å²) in [6.07, 6.45) is 4.20. The van der Waals surface area contributed by atoms with Crippen molar-refractivity contribution in [2.45, 2.75) is 32.6 Å². The first kappa shape index (κ1) is 19.1. The molecular weight excluding hydrogens is 344 g/mol. The minimum atomic E-state index is -0.670. The normalized spacial score (nSPS) is 15.8. The van der Waals surface area contributed by atoms with Crippen LogP contribution in [0.15, 0.2) is 44.9 Å². The second-order valence-corrected chi connectivity index (χ2v) is 6.71. The summed E-state index contributed by atoms with van der Waals surface area (Å²) in [7, 11) is 0. The summed E-state index contributed by atoms with van der Waals surface area (Å²) in [6, 6.07) is 8.74. The maximum absolute atomic E-state index is 12.4. The lowest BCUT2D eigenvalue weighted by Crippen LogP contribution is -2.34. The molecule has 0 unspecified atom stereocenters. The maximum atomic E-state index is 12.4. The third kappa shape index (κ3) is 4.36. The Labute approximate surface area is 158 Å². The Bertz CT molecular complexity index is 909. The number of H-pyrrole nitrogens is 1. The van der Waals surface area contributed by atoms with Crippen LogP contribution >= 0.6 is 0 Å². The van der Waals surface area contributed by atoms with Gasteiger partial charge in [0.15, 0.2) is 0 Å². The molecule has 7 nitrogen and oxygen atoms in total. The highest BCUT2D eigenvalue weighted by Gasteiger charge is 2.19. The predicted octanol–water partition coefficient (Wildman–Crippen LogP) is 1.92. The number of para-hydroxylation sites is 1. The van der Waals surface area contributed by atoms with Crippen molar-refractivity contribution in [1.82, 2.24) is 14.5 Å². The van der Waals surface area contributed by atoms with Gasteiger partial charge in [-0.3, -0.25) is 14.8 Å². The van der Waals surface area contributed by atoms with Gasteiger partial charge in [0.05, 0.1) is 17.9 Å². The van der Waals surface area contributed by atoms with Crippen molar-refractivity contribution in [2.24, 2.45) is 4.99 Å². The smallest absolute Gasteiger partial charge is 0.335 e. The van der Waals surface area contributed by atoms with E-state index in [9.17, 15) is 14.7 Å². The molecule has 3 rings (SSSR count). The Morgan fingerprint density at radius 3 is 2.52 bits per heavy atom. The number of hydrogen-bond donors (Lipinski definition) is 2. The van der Waals surface area contributed by atoms with Gasteiger partial charge >= 0.3 is 5.69 Å². The number of nitrogens with one attached hydrogen (secondary N) is 1. The summed E-state index contributed by atoms with van der Waals surface area (Å²) < 4.78 is 1.10. The summed E-state index contributed by atoms with van der Waals surface area (Å²) >= 11 is 0. The van der Waals surface area contributed by atoms with Crippen LogP contribution in [0, 0.1) is 0 Å². The van der Waals surface area contributed by atoms with E-state index in [-0.39, 0.29) is 11.4 Å². The molecule has 144 valence electrons. The van der Waals surface area contributed by atoms with Crippen molar-refractivity contribution in [1.29, 1.82) is 0 Å². The van der Waals surface area contributed by atoms with Crippen molar-refractivity contribution < 1.29 is 5.11 Å². The number of benzene rings is 1. The van der Waals surface area contributed by atoms with Gasteiger partial charge in [-0.2, -0.15) is 0 Å². The van der Waals surface area contributed by atoms with Crippen molar-refractivity contribution in [3.8, 4) is 11.6 Å². The zero-order valence-electron chi connectivity index (χ0n) is 15.6. The van der Waals surface area contributed by atoms with E-state index in [0.29, 0.717) is 24.4 Å². The lowest BCUT2D eigenvalue weighted by molar-refractivity contribution is 0.235. The highest BCUT2D eigenvalue weighted by Crippen LogP contribution is 2.18. The van der Waals surface area contributed by atoms with E-state index in [1.165, 1.54) is 19.3 Å². The number of aliphatic imine (C=N–C) groups is 1. The topological polar surface area (TPSA) is 90.7 Å². The highest BCUT2D eigenvalue weighted by atomic mass is 16.3. The van der Waals surface area contributed by atoms with Gasteiger partial charge in [0.25, 0.3) is 5.56 Å². The fraction of sp³-hybridized carbons (Fsp3) is 0.450. The molecule has 2 heterocycles.